The van der Waals surface area contributed by atoms with Gasteiger partial charge in [-0.1, -0.05) is 13.3 Å². The summed E-state index contributed by atoms with van der Waals surface area (Å²) < 4.78 is 0. The third kappa shape index (κ3) is 3.68. The van der Waals surface area contributed by atoms with Gasteiger partial charge in [-0.3, -0.25) is 9.59 Å². The molecular formula is C15H26N2O2S. The van der Waals surface area contributed by atoms with Crippen molar-refractivity contribution in [3.63, 3.8) is 0 Å². The van der Waals surface area contributed by atoms with Crippen molar-refractivity contribution in [2.45, 2.75) is 70.3 Å². The lowest BCUT2D eigenvalue weighted by molar-refractivity contribution is -0.141. The molecule has 2 rings (SSSR count). The Hall–Kier alpha value is -0.710. The first kappa shape index (κ1) is 15.7. The van der Waals surface area contributed by atoms with Gasteiger partial charge in [-0.15, -0.1) is 11.8 Å². The first-order valence-corrected chi connectivity index (χ1v) is 8.64. The Balaban J connectivity index is 2.09. The number of nitrogens with one attached hydrogen (secondary N) is 1. The fraction of sp³-hybridized carbons (Fsp3) is 0.867. The molecule has 0 aromatic heterocycles. The highest BCUT2D eigenvalue weighted by molar-refractivity contribution is 8.00. The number of rotatable bonds is 4. The number of carbonyl (C=O) groups is 2. The van der Waals surface area contributed by atoms with E-state index in [4.69, 9.17) is 0 Å². The maximum Gasteiger partial charge on any atom is 0.244 e. The predicted octanol–water partition coefficient (Wildman–Crippen LogP) is 2.38. The molecule has 1 heterocycles. The van der Waals surface area contributed by atoms with E-state index in [1.165, 1.54) is 0 Å². The molecule has 114 valence electrons. The van der Waals surface area contributed by atoms with Crippen LogP contribution in [0.15, 0.2) is 0 Å². The number of hydrogen-bond donors (Lipinski definition) is 1. The van der Waals surface area contributed by atoms with E-state index in [2.05, 4.69) is 12.2 Å². The monoisotopic (exact) mass is 298 g/mol. The minimum Gasteiger partial charge on any atom is -0.350 e. The summed E-state index contributed by atoms with van der Waals surface area (Å²) >= 11 is 1.76. The zero-order valence-electron chi connectivity index (χ0n) is 12.9. The molecule has 2 aliphatic rings. The topological polar surface area (TPSA) is 49.4 Å². The van der Waals surface area contributed by atoms with Crippen LogP contribution in [-0.4, -0.2) is 39.4 Å². The standard InChI is InChI=1S/C15H26N2O2S/c1-5-6-12-17(14(19)10-7-8-10)11(9-20-12)13(18)16-15(2,3)4/h10-12H,5-9H2,1-4H3,(H,16,18). The Labute approximate surface area is 126 Å². The van der Waals surface area contributed by atoms with Crippen molar-refractivity contribution in [3.8, 4) is 0 Å². The number of nitrogens with zero attached hydrogens (tertiary/aromatic N) is 1. The van der Waals surface area contributed by atoms with E-state index in [1.807, 2.05) is 25.7 Å². The van der Waals surface area contributed by atoms with Crippen molar-refractivity contribution in [3.05, 3.63) is 0 Å². The average Bonchev–Trinajstić information content (AvgIpc) is 3.08. The minimum absolute atomic E-state index is 0.00222. The van der Waals surface area contributed by atoms with E-state index in [0.29, 0.717) is 0 Å². The van der Waals surface area contributed by atoms with E-state index in [-0.39, 0.29) is 34.7 Å². The van der Waals surface area contributed by atoms with Crippen LogP contribution < -0.4 is 5.32 Å². The van der Waals surface area contributed by atoms with E-state index in [0.717, 1.165) is 31.4 Å². The molecule has 0 spiro atoms. The van der Waals surface area contributed by atoms with Gasteiger partial charge in [-0.25, -0.2) is 0 Å². The van der Waals surface area contributed by atoms with Crippen LogP contribution in [0, 0.1) is 5.92 Å². The van der Waals surface area contributed by atoms with Crippen LogP contribution in [0.1, 0.15) is 53.4 Å². The van der Waals surface area contributed by atoms with Gasteiger partial charge >= 0.3 is 0 Å². The molecule has 0 aromatic rings. The van der Waals surface area contributed by atoms with Crippen LogP contribution in [0.5, 0.6) is 0 Å². The largest absolute Gasteiger partial charge is 0.350 e. The van der Waals surface area contributed by atoms with Gasteiger partial charge < -0.3 is 10.2 Å². The van der Waals surface area contributed by atoms with Gasteiger partial charge in [0, 0.05) is 17.2 Å². The molecule has 1 saturated heterocycles. The summed E-state index contributed by atoms with van der Waals surface area (Å²) in [5, 5.41) is 3.21. The third-order valence-corrected chi connectivity index (χ3v) is 4.97. The van der Waals surface area contributed by atoms with Crippen molar-refractivity contribution in [1.29, 1.82) is 0 Å². The highest BCUT2D eigenvalue weighted by Crippen LogP contribution is 2.39. The molecule has 2 unspecified atom stereocenters. The zero-order chi connectivity index (χ0) is 14.9. The summed E-state index contributed by atoms with van der Waals surface area (Å²) in [6, 6.07) is -0.288. The molecule has 0 aromatic carbocycles. The lowest BCUT2D eigenvalue weighted by atomic mass is 10.1. The second-order valence-electron chi connectivity index (χ2n) is 6.85. The minimum atomic E-state index is -0.288. The Morgan fingerprint density at radius 3 is 2.45 bits per heavy atom. The van der Waals surface area contributed by atoms with E-state index in [9.17, 15) is 9.59 Å². The third-order valence-electron chi connectivity index (χ3n) is 3.61. The molecular weight excluding hydrogens is 272 g/mol. The average molecular weight is 298 g/mol. The Kier molecular flexibility index (Phi) is 4.67. The lowest BCUT2D eigenvalue weighted by Gasteiger charge is -2.31. The number of carbonyl (C=O) groups excluding carboxylic acids is 2. The van der Waals surface area contributed by atoms with E-state index >= 15 is 0 Å². The van der Waals surface area contributed by atoms with Gasteiger partial charge in [0.25, 0.3) is 0 Å². The van der Waals surface area contributed by atoms with Gasteiger partial charge in [0.1, 0.15) is 6.04 Å². The highest BCUT2D eigenvalue weighted by Gasteiger charge is 2.46. The van der Waals surface area contributed by atoms with Crippen LogP contribution >= 0.6 is 11.8 Å². The summed E-state index contributed by atoms with van der Waals surface area (Å²) in [4.78, 5) is 26.8. The van der Waals surface area contributed by atoms with Crippen LogP contribution in [0.2, 0.25) is 0 Å². The van der Waals surface area contributed by atoms with Crippen LogP contribution in [-0.2, 0) is 9.59 Å². The zero-order valence-corrected chi connectivity index (χ0v) is 13.8. The fourth-order valence-corrected chi connectivity index (χ4v) is 4.05. The summed E-state index contributed by atoms with van der Waals surface area (Å²) in [5.74, 6) is 1.10. The van der Waals surface area contributed by atoms with Crippen molar-refractivity contribution >= 4 is 23.6 Å². The maximum atomic E-state index is 12.5. The van der Waals surface area contributed by atoms with Crippen LogP contribution in [0.25, 0.3) is 0 Å². The maximum absolute atomic E-state index is 12.5. The van der Waals surface area contributed by atoms with E-state index in [1.54, 1.807) is 11.8 Å². The summed E-state index contributed by atoms with van der Waals surface area (Å²) in [5.41, 5.74) is -0.251. The van der Waals surface area contributed by atoms with Crippen molar-refractivity contribution in [2.24, 2.45) is 5.92 Å². The summed E-state index contributed by atoms with van der Waals surface area (Å²) in [6.07, 6.45) is 4.00. The molecule has 0 radical (unpaired) electrons. The molecule has 0 bridgehead atoms. The molecule has 1 aliphatic carbocycles. The van der Waals surface area contributed by atoms with Gasteiger partial charge in [0.2, 0.25) is 11.8 Å². The van der Waals surface area contributed by atoms with Gasteiger partial charge in [-0.2, -0.15) is 0 Å². The Morgan fingerprint density at radius 1 is 1.30 bits per heavy atom. The Morgan fingerprint density at radius 2 is 1.95 bits per heavy atom. The van der Waals surface area contributed by atoms with Gasteiger partial charge in [-0.05, 0) is 40.0 Å². The molecule has 1 aliphatic heterocycles. The second kappa shape index (κ2) is 5.96. The van der Waals surface area contributed by atoms with E-state index < -0.39 is 0 Å². The predicted molar refractivity (Wildman–Crippen MR) is 82.4 cm³/mol. The van der Waals surface area contributed by atoms with Crippen molar-refractivity contribution in [2.75, 3.05) is 5.75 Å². The van der Waals surface area contributed by atoms with Crippen LogP contribution in [0.3, 0.4) is 0 Å². The van der Waals surface area contributed by atoms with Gasteiger partial charge in [0.15, 0.2) is 0 Å². The molecule has 2 atom stereocenters. The molecule has 2 fully saturated rings. The molecule has 2 amide bonds. The molecule has 1 saturated carbocycles. The van der Waals surface area contributed by atoms with Crippen molar-refractivity contribution in [1.82, 2.24) is 10.2 Å². The summed E-state index contributed by atoms with van der Waals surface area (Å²) in [7, 11) is 0. The van der Waals surface area contributed by atoms with Crippen molar-refractivity contribution < 1.29 is 9.59 Å². The molecule has 1 N–H and O–H groups in total. The van der Waals surface area contributed by atoms with Gasteiger partial charge in [0.05, 0.1) is 5.37 Å². The number of amides is 2. The fourth-order valence-electron chi connectivity index (χ4n) is 2.52. The Bertz CT molecular complexity index is 388. The highest BCUT2D eigenvalue weighted by atomic mass is 32.2. The lowest BCUT2D eigenvalue weighted by Crippen LogP contribution is -2.54. The molecule has 5 heteroatoms. The first-order chi connectivity index (χ1) is 9.33. The smallest absolute Gasteiger partial charge is 0.244 e. The molecule has 4 nitrogen and oxygen atoms in total. The SMILES string of the molecule is CCCC1SCC(C(=O)NC(C)(C)C)N1C(=O)C1CC1. The normalized spacial score (nSPS) is 26.7. The molecule has 20 heavy (non-hydrogen) atoms. The number of thioether (sulfide) groups is 1. The number of hydrogen-bond acceptors (Lipinski definition) is 3. The first-order valence-electron chi connectivity index (χ1n) is 7.59. The second-order valence-corrected chi connectivity index (χ2v) is 8.06. The van der Waals surface area contributed by atoms with Crippen LogP contribution in [0.4, 0.5) is 0 Å². The quantitative estimate of drug-likeness (QED) is 0.867. The summed E-state index contributed by atoms with van der Waals surface area (Å²) in [6.45, 7) is 8.06.